The first-order valence-corrected chi connectivity index (χ1v) is 8.81. The van der Waals surface area contributed by atoms with Crippen LogP contribution in [0.15, 0.2) is 47.7 Å². The van der Waals surface area contributed by atoms with Crippen molar-refractivity contribution in [1.29, 1.82) is 0 Å². The number of fused-ring (bicyclic) bond motifs is 1. The topological polar surface area (TPSA) is 85.9 Å². The summed E-state index contributed by atoms with van der Waals surface area (Å²) in [5.41, 5.74) is 9.12. The summed E-state index contributed by atoms with van der Waals surface area (Å²) in [5, 5.41) is 1.02. The van der Waals surface area contributed by atoms with Crippen LogP contribution in [0.1, 0.15) is 0 Å². The zero-order valence-corrected chi connectivity index (χ0v) is 15.0. The fourth-order valence-electron chi connectivity index (χ4n) is 3.28. The zero-order chi connectivity index (χ0) is 18.6. The molecule has 0 unspecified atom stereocenters. The molecule has 7 nitrogen and oxygen atoms in total. The van der Waals surface area contributed by atoms with Gasteiger partial charge in [0.2, 0.25) is 0 Å². The lowest BCUT2D eigenvalue weighted by molar-refractivity contribution is 0.122. The minimum Gasteiger partial charge on any atom is -0.476 e. The van der Waals surface area contributed by atoms with Crippen LogP contribution in [0.2, 0.25) is 0 Å². The summed E-state index contributed by atoms with van der Waals surface area (Å²) in [4.78, 5) is 15.2. The van der Waals surface area contributed by atoms with Crippen molar-refractivity contribution in [2.45, 2.75) is 0 Å². The van der Waals surface area contributed by atoms with E-state index >= 15 is 0 Å². The molecule has 0 atom stereocenters. The van der Waals surface area contributed by atoms with Gasteiger partial charge in [-0.3, -0.25) is 10.7 Å². The third-order valence-electron chi connectivity index (χ3n) is 4.63. The molecule has 1 fully saturated rings. The van der Waals surface area contributed by atoms with Gasteiger partial charge in [-0.25, -0.2) is 9.97 Å². The van der Waals surface area contributed by atoms with Gasteiger partial charge in [-0.2, -0.15) is 0 Å². The van der Waals surface area contributed by atoms with E-state index in [4.69, 9.17) is 15.2 Å². The summed E-state index contributed by atoms with van der Waals surface area (Å²) in [6.07, 6.45) is 1.62. The second-order valence-electron chi connectivity index (χ2n) is 6.18. The number of rotatable bonds is 5. The van der Waals surface area contributed by atoms with Crippen molar-refractivity contribution in [2.24, 2.45) is 10.7 Å². The number of anilines is 1. The van der Waals surface area contributed by atoms with Gasteiger partial charge >= 0.3 is 0 Å². The van der Waals surface area contributed by atoms with E-state index in [9.17, 15) is 0 Å². The summed E-state index contributed by atoms with van der Waals surface area (Å²) in [6.45, 7) is 6.79. The number of hydrogen-bond donors (Lipinski definition) is 1. The molecule has 1 aliphatic heterocycles. The molecule has 7 heteroatoms. The number of hydrogen-bond acceptors (Lipinski definition) is 7. The van der Waals surface area contributed by atoms with Crippen LogP contribution in [0.25, 0.3) is 22.0 Å². The molecule has 138 valence electrons. The van der Waals surface area contributed by atoms with E-state index in [2.05, 4.69) is 32.6 Å². The van der Waals surface area contributed by atoms with Gasteiger partial charge in [0.25, 0.3) is 0 Å². The van der Waals surface area contributed by atoms with Crippen LogP contribution in [-0.2, 0) is 4.74 Å². The third kappa shape index (κ3) is 3.47. The molecular weight excluding hydrogens is 342 g/mol. The van der Waals surface area contributed by atoms with Crippen LogP contribution >= 0.6 is 0 Å². The lowest BCUT2D eigenvalue weighted by atomic mass is 10.0. The lowest BCUT2D eigenvalue weighted by Gasteiger charge is -2.28. The van der Waals surface area contributed by atoms with E-state index in [1.807, 2.05) is 30.3 Å². The maximum Gasteiger partial charge on any atom is 0.146 e. The predicted octanol–water partition coefficient (Wildman–Crippen LogP) is 2.76. The first-order chi connectivity index (χ1) is 13.3. The van der Waals surface area contributed by atoms with Crippen molar-refractivity contribution in [1.82, 2.24) is 9.97 Å². The van der Waals surface area contributed by atoms with E-state index in [0.29, 0.717) is 24.7 Å². The highest BCUT2D eigenvalue weighted by Crippen LogP contribution is 2.34. The van der Waals surface area contributed by atoms with E-state index in [1.165, 1.54) is 0 Å². The molecule has 0 saturated carbocycles. The summed E-state index contributed by atoms with van der Waals surface area (Å²) >= 11 is 0. The molecular formula is C20H21N5O2. The summed E-state index contributed by atoms with van der Waals surface area (Å²) < 4.78 is 10.9. The van der Waals surface area contributed by atoms with Crippen molar-refractivity contribution >= 4 is 29.1 Å². The second kappa shape index (κ2) is 7.69. The molecule has 0 aliphatic carbocycles. The van der Waals surface area contributed by atoms with Gasteiger partial charge in [0, 0.05) is 18.5 Å². The summed E-state index contributed by atoms with van der Waals surface area (Å²) in [7, 11) is 0. The highest BCUT2D eigenvalue weighted by molar-refractivity contribution is 5.93. The van der Waals surface area contributed by atoms with Crippen LogP contribution in [0.3, 0.4) is 0 Å². The first kappa shape index (κ1) is 17.4. The van der Waals surface area contributed by atoms with Crippen LogP contribution in [0, 0.1) is 0 Å². The van der Waals surface area contributed by atoms with Crippen LogP contribution in [0.5, 0.6) is 5.75 Å². The predicted molar refractivity (Wildman–Crippen MR) is 107 cm³/mol. The molecule has 27 heavy (non-hydrogen) atoms. The number of aromatic nitrogens is 2. The Labute approximate surface area is 157 Å². The van der Waals surface area contributed by atoms with Crippen LogP contribution in [0.4, 0.5) is 11.5 Å². The van der Waals surface area contributed by atoms with Crippen molar-refractivity contribution in [3.63, 3.8) is 0 Å². The summed E-state index contributed by atoms with van der Waals surface area (Å²) in [6, 6.07) is 12.0. The van der Waals surface area contributed by atoms with Crippen molar-refractivity contribution in [3.8, 4) is 16.9 Å². The highest BCUT2D eigenvalue weighted by atomic mass is 16.5. The maximum atomic E-state index is 5.47. The third-order valence-corrected chi connectivity index (χ3v) is 4.63. The smallest absolute Gasteiger partial charge is 0.146 e. The maximum absolute atomic E-state index is 5.47. The monoisotopic (exact) mass is 363 g/mol. The molecule has 0 amide bonds. The van der Waals surface area contributed by atoms with E-state index in [-0.39, 0.29) is 6.73 Å². The molecule has 2 aromatic carbocycles. The molecule has 2 N–H and O–H groups in total. The molecule has 0 radical (unpaired) electrons. The van der Waals surface area contributed by atoms with Crippen molar-refractivity contribution in [3.05, 3.63) is 42.7 Å². The second-order valence-corrected chi connectivity index (χ2v) is 6.18. The minimum atomic E-state index is 0.0953. The Bertz CT molecular complexity index is 970. The molecule has 3 aromatic rings. The SMILES string of the molecule is C=Nc1cc(-c2ccc3ncnc(N4CCOCC4)c3c2)ccc1OCN. The number of ether oxygens (including phenoxy) is 2. The Balaban J connectivity index is 1.78. The largest absolute Gasteiger partial charge is 0.476 e. The Morgan fingerprint density at radius 3 is 2.67 bits per heavy atom. The van der Waals surface area contributed by atoms with Gasteiger partial charge in [0.15, 0.2) is 0 Å². The fourth-order valence-corrected chi connectivity index (χ4v) is 3.28. The zero-order valence-electron chi connectivity index (χ0n) is 15.0. The first-order valence-electron chi connectivity index (χ1n) is 8.81. The quantitative estimate of drug-likeness (QED) is 0.554. The molecule has 0 bridgehead atoms. The van der Waals surface area contributed by atoms with Crippen molar-refractivity contribution < 1.29 is 9.47 Å². The van der Waals surface area contributed by atoms with Gasteiger partial charge in [0.05, 0.1) is 18.7 Å². The molecule has 0 spiro atoms. The average molecular weight is 363 g/mol. The molecule has 1 aromatic heterocycles. The standard InChI is InChI=1S/C20H21N5O2/c1-22-18-11-15(3-5-19(18)27-12-21)14-2-4-17-16(10-14)20(24-13-23-17)25-6-8-26-9-7-25/h2-5,10-11,13H,1,6-9,12,21H2. The Morgan fingerprint density at radius 1 is 1.11 bits per heavy atom. The number of nitrogens with zero attached hydrogens (tertiary/aromatic N) is 4. The van der Waals surface area contributed by atoms with Gasteiger partial charge < -0.3 is 14.4 Å². The van der Waals surface area contributed by atoms with Crippen molar-refractivity contribution in [2.75, 3.05) is 37.9 Å². The summed E-state index contributed by atoms with van der Waals surface area (Å²) in [5.74, 6) is 1.56. The molecule has 1 saturated heterocycles. The normalized spacial score (nSPS) is 14.3. The minimum absolute atomic E-state index is 0.0953. The van der Waals surface area contributed by atoms with Gasteiger partial charge in [-0.1, -0.05) is 12.1 Å². The fraction of sp³-hybridized carbons (Fsp3) is 0.250. The number of morpholine rings is 1. The average Bonchev–Trinajstić information content (AvgIpc) is 2.74. The molecule has 1 aliphatic rings. The lowest BCUT2D eigenvalue weighted by Crippen LogP contribution is -2.36. The molecule has 4 rings (SSSR count). The van der Waals surface area contributed by atoms with Crippen LogP contribution in [-0.4, -0.2) is 49.7 Å². The van der Waals surface area contributed by atoms with Gasteiger partial charge in [0.1, 0.15) is 30.3 Å². The molecule has 2 heterocycles. The van der Waals surface area contributed by atoms with E-state index < -0.39 is 0 Å². The Kier molecular flexibility index (Phi) is 4.95. The van der Waals surface area contributed by atoms with Crippen LogP contribution < -0.4 is 15.4 Å². The van der Waals surface area contributed by atoms with E-state index in [0.717, 1.165) is 40.9 Å². The Hall–Kier alpha value is -3.03. The van der Waals surface area contributed by atoms with Gasteiger partial charge in [-0.05, 0) is 42.1 Å². The van der Waals surface area contributed by atoms with Gasteiger partial charge in [-0.15, -0.1) is 0 Å². The number of nitrogens with two attached hydrogens (primary N) is 1. The number of aliphatic imine (C=N–C) groups is 1. The van der Waals surface area contributed by atoms with E-state index in [1.54, 1.807) is 6.33 Å². The Morgan fingerprint density at radius 2 is 1.89 bits per heavy atom. The number of benzene rings is 2. The highest BCUT2D eigenvalue weighted by Gasteiger charge is 2.16.